The van der Waals surface area contributed by atoms with Gasteiger partial charge in [-0.3, -0.25) is 4.90 Å². The van der Waals surface area contributed by atoms with E-state index in [0.29, 0.717) is 33.0 Å². The molecule has 0 amide bonds. The first-order chi connectivity index (χ1) is 8.83. The van der Waals surface area contributed by atoms with E-state index in [1.54, 1.807) is 13.4 Å². The van der Waals surface area contributed by atoms with Crippen LogP contribution in [0.1, 0.15) is 5.76 Å². The number of hydrogen-bond acceptors (Lipinski definition) is 5. The highest BCUT2D eigenvalue weighted by molar-refractivity contribution is 4.97. The van der Waals surface area contributed by atoms with Crippen molar-refractivity contribution < 1.29 is 18.6 Å². The molecule has 0 bridgehead atoms. The zero-order valence-electron chi connectivity index (χ0n) is 11.3. The first-order valence-corrected chi connectivity index (χ1v) is 6.18. The maximum absolute atomic E-state index is 5.47. The van der Waals surface area contributed by atoms with Crippen molar-refractivity contribution in [2.45, 2.75) is 6.54 Å². The fraction of sp³-hybridized carbons (Fsp3) is 0.692. The lowest BCUT2D eigenvalue weighted by Crippen LogP contribution is -2.23. The molecule has 0 saturated carbocycles. The second-order valence-electron chi connectivity index (χ2n) is 4.03. The maximum atomic E-state index is 5.47. The molecule has 0 atom stereocenters. The molecule has 0 unspecified atom stereocenters. The van der Waals surface area contributed by atoms with Gasteiger partial charge in [0.15, 0.2) is 0 Å². The van der Waals surface area contributed by atoms with E-state index in [0.717, 1.165) is 18.8 Å². The predicted octanol–water partition coefficient (Wildman–Crippen LogP) is 1.39. The summed E-state index contributed by atoms with van der Waals surface area (Å²) in [6.07, 6.45) is 1.69. The van der Waals surface area contributed by atoms with Gasteiger partial charge in [-0.25, -0.2) is 0 Å². The molecule has 1 aromatic rings. The van der Waals surface area contributed by atoms with Gasteiger partial charge < -0.3 is 18.6 Å². The third kappa shape index (κ3) is 7.45. The van der Waals surface area contributed by atoms with Gasteiger partial charge in [-0.15, -0.1) is 0 Å². The number of likely N-dealkylation sites (N-methyl/N-ethyl adjacent to an activating group) is 1. The first kappa shape index (κ1) is 15.2. The Morgan fingerprint density at radius 1 is 1.11 bits per heavy atom. The average molecular weight is 257 g/mol. The average Bonchev–Trinajstić information content (AvgIpc) is 2.85. The quantitative estimate of drug-likeness (QED) is 0.561. The van der Waals surface area contributed by atoms with Crippen LogP contribution in [0.2, 0.25) is 0 Å². The summed E-state index contributed by atoms with van der Waals surface area (Å²) >= 11 is 0. The zero-order chi connectivity index (χ0) is 13.1. The van der Waals surface area contributed by atoms with E-state index in [-0.39, 0.29) is 0 Å². The van der Waals surface area contributed by atoms with E-state index in [2.05, 4.69) is 4.90 Å². The van der Waals surface area contributed by atoms with Gasteiger partial charge in [-0.1, -0.05) is 0 Å². The topological polar surface area (TPSA) is 44.1 Å². The Hall–Kier alpha value is -0.880. The van der Waals surface area contributed by atoms with Crippen molar-refractivity contribution in [3.8, 4) is 0 Å². The van der Waals surface area contributed by atoms with Gasteiger partial charge in [-0.05, 0) is 19.2 Å². The fourth-order valence-corrected chi connectivity index (χ4v) is 1.43. The minimum Gasteiger partial charge on any atom is -0.468 e. The molecular formula is C13H23NO4. The van der Waals surface area contributed by atoms with Crippen molar-refractivity contribution in [2.24, 2.45) is 0 Å². The standard InChI is InChI=1S/C13H23NO4/c1-14(12-13-4-3-6-18-13)5-7-16-10-11-17-9-8-15-2/h3-4,6H,5,7-12H2,1-2H3. The molecule has 1 rings (SSSR count). The van der Waals surface area contributed by atoms with Gasteiger partial charge >= 0.3 is 0 Å². The third-order valence-electron chi connectivity index (χ3n) is 2.43. The van der Waals surface area contributed by atoms with Crippen LogP contribution in [0.25, 0.3) is 0 Å². The Morgan fingerprint density at radius 3 is 2.50 bits per heavy atom. The molecule has 0 saturated heterocycles. The summed E-state index contributed by atoms with van der Waals surface area (Å²) in [4.78, 5) is 2.16. The van der Waals surface area contributed by atoms with Gasteiger partial charge in [0.05, 0.1) is 45.8 Å². The summed E-state index contributed by atoms with van der Waals surface area (Å²) in [5.74, 6) is 0.973. The highest BCUT2D eigenvalue weighted by Crippen LogP contribution is 2.02. The molecule has 0 aliphatic heterocycles. The van der Waals surface area contributed by atoms with Crippen molar-refractivity contribution in [3.05, 3.63) is 24.2 Å². The van der Waals surface area contributed by atoms with Crippen LogP contribution in [0.5, 0.6) is 0 Å². The molecule has 18 heavy (non-hydrogen) atoms. The van der Waals surface area contributed by atoms with Crippen LogP contribution in [0.3, 0.4) is 0 Å². The largest absolute Gasteiger partial charge is 0.468 e. The Kier molecular flexibility index (Phi) is 8.50. The molecule has 1 aromatic heterocycles. The molecule has 0 fully saturated rings. The molecule has 0 aliphatic carbocycles. The lowest BCUT2D eigenvalue weighted by molar-refractivity contribution is 0.0202. The molecular weight excluding hydrogens is 234 g/mol. The second-order valence-corrected chi connectivity index (χ2v) is 4.03. The SMILES string of the molecule is COCCOCCOCCN(C)Cc1ccco1. The zero-order valence-corrected chi connectivity index (χ0v) is 11.3. The molecule has 5 nitrogen and oxygen atoms in total. The summed E-state index contributed by atoms with van der Waals surface area (Å²) < 4.78 is 20.9. The van der Waals surface area contributed by atoms with Gasteiger partial charge in [-0.2, -0.15) is 0 Å². The molecule has 0 aromatic carbocycles. The number of methoxy groups -OCH3 is 1. The molecule has 0 aliphatic rings. The Labute approximate surface area is 109 Å². The lowest BCUT2D eigenvalue weighted by atomic mass is 10.4. The summed E-state index contributed by atoms with van der Waals surface area (Å²) in [5, 5.41) is 0. The molecule has 1 heterocycles. The van der Waals surface area contributed by atoms with E-state index in [1.807, 2.05) is 19.2 Å². The normalized spacial score (nSPS) is 11.3. The van der Waals surface area contributed by atoms with Crippen molar-refractivity contribution in [3.63, 3.8) is 0 Å². The minimum atomic E-state index is 0.616. The highest BCUT2D eigenvalue weighted by Gasteiger charge is 2.01. The summed E-state index contributed by atoms with van der Waals surface area (Å²) in [5.41, 5.74) is 0. The van der Waals surface area contributed by atoms with Gasteiger partial charge in [0.25, 0.3) is 0 Å². The van der Waals surface area contributed by atoms with Crippen molar-refractivity contribution in [1.82, 2.24) is 4.90 Å². The summed E-state index contributed by atoms with van der Waals surface area (Å²) in [6.45, 7) is 4.87. The first-order valence-electron chi connectivity index (χ1n) is 6.18. The molecule has 104 valence electrons. The summed E-state index contributed by atoms with van der Waals surface area (Å²) in [7, 11) is 3.70. The van der Waals surface area contributed by atoms with Gasteiger partial charge in [0, 0.05) is 13.7 Å². The van der Waals surface area contributed by atoms with Gasteiger partial charge in [0.2, 0.25) is 0 Å². The summed E-state index contributed by atoms with van der Waals surface area (Å²) in [6, 6.07) is 3.87. The Morgan fingerprint density at radius 2 is 1.83 bits per heavy atom. The number of furan rings is 1. The third-order valence-corrected chi connectivity index (χ3v) is 2.43. The van der Waals surface area contributed by atoms with E-state index < -0.39 is 0 Å². The Balaban J connectivity index is 1.88. The predicted molar refractivity (Wildman–Crippen MR) is 68.6 cm³/mol. The molecule has 5 heteroatoms. The maximum Gasteiger partial charge on any atom is 0.117 e. The number of rotatable bonds is 11. The van der Waals surface area contributed by atoms with Crippen LogP contribution >= 0.6 is 0 Å². The van der Waals surface area contributed by atoms with Crippen LogP contribution in [-0.4, -0.2) is 58.6 Å². The number of ether oxygens (including phenoxy) is 3. The van der Waals surface area contributed by atoms with Crippen molar-refractivity contribution in [2.75, 3.05) is 53.7 Å². The molecule has 0 radical (unpaired) electrons. The second kappa shape index (κ2) is 10.1. The van der Waals surface area contributed by atoms with Crippen LogP contribution in [0.4, 0.5) is 0 Å². The minimum absolute atomic E-state index is 0.616. The molecule has 0 N–H and O–H groups in total. The Bertz CT molecular complexity index is 277. The monoisotopic (exact) mass is 257 g/mol. The van der Waals surface area contributed by atoms with E-state index in [4.69, 9.17) is 18.6 Å². The van der Waals surface area contributed by atoms with Crippen molar-refractivity contribution in [1.29, 1.82) is 0 Å². The number of nitrogens with zero attached hydrogens (tertiary/aromatic N) is 1. The van der Waals surface area contributed by atoms with E-state index in [9.17, 15) is 0 Å². The van der Waals surface area contributed by atoms with Gasteiger partial charge in [0.1, 0.15) is 5.76 Å². The van der Waals surface area contributed by atoms with Crippen molar-refractivity contribution >= 4 is 0 Å². The van der Waals surface area contributed by atoms with Crippen LogP contribution in [-0.2, 0) is 20.8 Å². The number of hydrogen-bond donors (Lipinski definition) is 0. The fourth-order valence-electron chi connectivity index (χ4n) is 1.43. The van der Waals surface area contributed by atoms with E-state index in [1.165, 1.54) is 0 Å². The highest BCUT2D eigenvalue weighted by atomic mass is 16.5. The van der Waals surface area contributed by atoms with E-state index >= 15 is 0 Å². The van der Waals surface area contributed by atoms with Crippen LogP contribution in [0, 0.1) is 0 Å². The van der Waals surface area contributed by atoms with Crippen LogP contribution < -0.4 is 0 Å². The smallest absolute Gasteiger partial charge is 0.117 e. The molecule has 0 spiro atoms. The van der Waals surface area contributed by atoms with Crippen LogP contribution in [0.15, 0.2) is 22.8 Å². The lowest BCUT2D eigenvalue weighted by Gasteiger charge is -2.15.